The van der Waals surface area contributed by atoms with Crippen molar-refractivity contribution in [2.45, 2.75) is 124 Å². The summed E-state index contributed by atoms with van der Waals surface area (Å²) in [6.07, 6.45) is 18.2. The first kappa shape index (κ1) is 35.0. The summed E-state index contributed by atoms with van der Waals surface area (Å²) >= 11 is 0. The molecule has 0 radical (unpaired) electrons. The summed E-state index contributed by atoms with van der Waals surface area (Å²) in [5, 5.41) is 4.53. The highest BCUT2D eigenvalue weighted by molar-refractivity contribution is 5.95. The number of amides is 1. The molecule has 3 heterocycles. The van der Waals surface area contributed by atoms with Crippen LogP contribution in [0.15, 0.2) is 42.6 Å². The molecular formula is C36H53FN4O. The molecule has 2 atom stereocenters. The Morgan fingerprint density at radius 1 is 1.02 bits per heavy atom. The number of alkyl halides is 1. The monoisotopic (exact) mass is 576 g/mol. The van der Waals surface area contributed by atoms with Crippen LogP contribution in [0, 0.1) is 25.2 Å². The van der Waals surface area contributed by atoms with Crippen molar-refractivity contribution in [1.82, 2.24) is 19.5 Å². The molecule has 2 aliphatic rings. The molecule has 2 fully saturated rings. The van der Waals surface area contributed by atoms with Crippen LogP contribution < -0.4 is 0 Å². The van der Waals surface area contributed by atoms with Crippen molar-refractivity contribution in [2.24, 2.45) is 5.92 Å². The number of rotatable bonds is 9. The molecule has 6 heteroatoms. The number of nitrogens with zero attached hydrogens (tertiary/aromatic N) is 4. The molecule has 1 aliphatic heterocycles. The standard InChI is InChI=1S/C20H22N4O.C8H17F.C5H10.C3H4/c1-3-17-5-4-12-23(17)20(25)16-9-7-15(8-10-16)18-13-21-19-11-6-14(2)22-24(18)19;1-3-5-7-8(9)6-4-2;1-2-5-3-4-5;1-3-2/h6-11,13,17H,3-5,12H2,1-2H3;8H,3-7H2,1-2H3;5H,2-4H2,1H3;1H,2H3. The van der Waals surface area contributed by atoms with E-state index in [1.54, 1.807) is 6.92 Å². The maximum atomic E-state index is 12.8. The maximum absolute atomic E-state index is 12.8. The Bertz CT molecular complexity index is 1230. The van der Waals surface area contributed by atoms with E-state index in [-0.39, 0.29) is 5.91 Å². The second-order valence-electron chi connectivity index (χ2n) is 11.3. The molecule has 0 spiro atoms. The predicted molar refractivity (Wildman–Crippen MR) is 174 cm³/mol. The van der Waals surface area contributed by atoms with Gasteiger partial charge in [-0.05, 0) is 76.1 Å². The van der Waals surface area contributed by atoms with Crippen LogP contribution in [0.3, 0.4) is 0 Å². The fourth-order valence-corrected chi connectivity index (χ4v) is 5.05. The number of unbranched alkanes of at least 4 members (excludes halogenated alkanes) is 1. The van der Waals surface area contributed by atoms with Gasteiger partial charge in [0, 0.05) is 23.7 Å². The topological polar surface area (TPSA) is 50.5 Å². The van der Waals surface area contributed by atoms with Crippen LogP contribution in [0.2, 0.25) is 0 Å². The average molecular weight is 577 g/mol. The molecule has 1 aromatic carbocycles. The minimum absolute atomic E-state index is 0.142. The van der Waals surface area contributed by atoms with Crippen molar-refractivity contribution in [2.75, 3.05) is 6.54 Å². The molecule has 1 saturated carbocycles. The van der Waals surface area contributed by atoms with Crippen LogP contribution in [-0.4, -0.2) is 44.2 Å². The molecule has 5 nitrogen and oxygen atoms in total. The largest absolute Gasteiger partial charge is 0.336 e. The molecule has 1 aliphatic carbocycles. The minimum atomic E-state index is -0.532. The van der Waals surface area contributed by atoms with E-state index in [0.717, 1.165) is 92.0 Å². The summed E-state index contributed by atoms with van der Waals surface area (Å²) in [5.74, 6) is 3.53. The zero-order valence-corrected chi connectivity index (χ0v) is 26.9. The predicted octanol–water partition coefficient (Wildman–Crippen LogP) is 9.48. The molecule has 230 valence electrons. The van der Waals surface area contributed by atoms with Crippen LogP contribution in [0.4, 0.5) is 4.39 Å². The van der Waals surface area contributed by atoms with Crippen LogP contribution in [-0.2, 0) is 0 Å². The van der Waals surface area contributed by atoms with E-state index < -0.39 is 6.17 Å². The summed E-state index contributed by atoms with van der Waals surface area (Å²) in [6.45, 7) is 13.0. The number of imidazole rings is 1. The Kier molecular flexibility index (Phi) is 15.9. The number of carbonyl (C=O) groups excluding carboxylic acids is 1. The second kappa shape index (κ2) is 19.1. The van der Waals surface area contributed by atoms with E-state index in [4.69, 9.17) is 0 Å². The number of aromatic nitrogens is 3. The zero-order chi connectivity index (χ0) is 30.9. The van der Waals surface area contributed by atoms with Gasteiger partial charge < -0.3 is 4.90 Å². The lowest BCUT2D eigenvalue weighted by Crippen LogP contribution is -2.35. The van der Waals surface area contributed by atoms with Crippen molar-refractivity contribution in [3.05, 3.63) is 53.9 Å². The quantitative estimate of drug-likeness (QED) is 0.238. The molecule has 1 saturated heterocycles. The maximum Gasteiger partial charge on any atom is 0.254 e. The Morgan fingerprint density at radius 2 is 1.71 bits per heavy atom. The summed E-state index contributed by atoms with van der Waals surface area (Å²) < 4.78 is 14.4. The first-order chi connectivity index (χ1) is 20.3. The molecule has 3 aromatic rings. The van der Waals surface area contributed by atoms with Gasteiger partial charge in [-0.3, -0.25) is 4.79 Å². The molecule has 5 rings (SSSR count). The van der Waals surface area contributed by atoms with Crippen molar-refractivity contribution in [3.8, 4) is 23.6 Å². The number of aryl methyl sites for hydroxylation is 1. The van der Waals surface area contributed by atoms with Crippen molar-refractivity contribution in [3.63, 3.8) is 0 Å². The van der Waals surface area contributed by atoms with Gasteiger partial charge in [-0.2, -0.15) is 5.10 Å². The number of hydrogen-bond acceptors (Lipinski definition) is 3. The number of fused-ring (bicyclic) bond motifs is 1. The molecule has 2 unspecified atom stereocenters. The van der Waals surface area contributed by atoms with Gasteiger partial charge in [0.1, 0.15) is 6.17 Å². The molecule has 42 heavy (non-hydrogen) atoms. The fourth-order valence-electron chi connectivity index (χ4n) is 5.05. The lowest BCUT2D eigenvalue weighted by atomic mass is 10.1. The number of likely N-dealkylation sites (tertiary alicyclic amines) is 1. The summed E-state index contributed by atoms with van der Waals surface area (Å²) in [6, 6.07) is 12.1. The molecule has 0 bridgehead atoms. The van der Waals surface area contributed by atoms with E-state index in [9.17, 15) is 9.18 Å². The van der Waals surface area contributed by atoms with Crippen molar-refractivity contribution >= 4 is 11.6 Å². The average Bonchev–Trinajstić information content (AvgIpc) is 3.57. The first-order valence-electron chi connectivity index (χ1n) is 16.1. The van der Waals surface area contributed by atoms with Gasteiger partial charge >= 0.3 is 0 Å². The van der Waals surface area contributed by atoms with E-state index in [1.807, 2.05) is 65.9 Å². The highest BCUT2D eigenvalue weighted by Crippen LogP contribution is 2.31. The Labute approximate surface area is 254 Å². The second-order valence-corrected chi connectivity index (χ2v) is 11.3. The van der Waals surface area contributed by atoms with Crippen molar-refractivity contribution in [1.29, 1.82) is 0 Å². The van der Waals surface area contributed by atoms with Crippen LogP contribution in [0.5, 0.6) is 0 Å². The van der Waals surface area contributed by atoms with Gasteiger partial charge in [-0.25, -0.2) is 13.9 Å². The summed E-state index contributed by atoms with van der Waals surface area (Å²) in [4.78, 5) is 19.2. The van der Waals surface area contributed by atoms with Crippen LogP contribution in [0.1, 0.15) is 121 Å². The minimum Gasteiger partial charge on any atom is -0.336 e. The van der Waals surface area contributed by atoms with Gasteiger partial charge in [-0.15, -0.1) is 12.3 Å². The van der Waals surface area contributed by atoms with Gasteiger partial charge in [-0.1, -0.05) is 78.4 Å². The van der Waals surface area contributed by atoms with Crippen LogP contribution >= 0.6 is 0 Å². The van der Waals surface area contributed by atoms with Gasteiger partial charge in [0.2, 0.25) is 0 Å². The highest BCUT2D eigenvalue weighted by atomic mass is 19.1. The van der Waals surface area contributed by atoms with Crippen molar-refractivity contribution < 1.29 is 9.18 Å². The van der Waals surface area contributed by atoms with Gasteiger partial charge in [0.05, 0.1) is 17.6 Å². The lowest BCUT2D eigenvalue weighted by molar-refractivity contribution is 0.0733. The molecule has 2 aromatic heterocycles. The SMILES string of the molecule is C#CC.CCC1CC1.CCC1CCCN1C(=O)c1ccc(-c2cnc3ccc(C)nn23)cc1.CCCCC(F)CCC. The zero-order valence-electron chi connectivity index (χ0n) is 26.9. The number of halogens is 1. The summed E-state index contributed by atoms with van der Waals surface area (Å²) in [5.41, 5.74) is 4.46. The van der Waals surface area contributed by atoms with Gasteiger partial charge in [0.25, 0.3) is 5.91 Å². The van der Waals surface area contributed by atoms with E-state index in [1.165, 1.54) is 19.3 Å². The Balaban J connectivity index is 0.000000298. The third-order valence-electron chi connectivity index (χ3n) is 7.78. The molecule has 1 amide bonds. The fraction of sp³-hybridized carbons (Fsp3) is 0.583. The molecular weight excluding hydrogens is 523 g/mol. The Morgan fingerprint density at radius 3 is 2.26 bits per heavy atom. The van der Waals surface area contributed by atoms with Gasteiger partial charge in [0.15, 0.2) is 5.65 Å². The number of hydrogen-bond donors (Lipinski definition) is 0. The Hall–Kier alpha value is -3.20. The third kappa shape index (κ3) is 11.2. The normalized spacial score (nSPS) is 16.2. The number of terminal acetylenes is 1. The van der Waals surface area contributed by atoms with E-state index in [0.29, 0.717) is 6.04 Å². The molecule has 0 N–H and O–H groups in total. The number of carbonyl (C=O) groups is 1. The van der Waals surface area contributed by atoms with Crippen LogP contribution in [0.25, 0.3) is 16.9 Å². The highest BCUT2D eigenvalue weighted by Gasteiger charge is 2.28. The third-order valence-corrected chi connectivity index (χ3v) is 7.78. The first-order valence-corrected chi connectivity index (χ1v) is 16.1. The number of benzene rings is 1. The van der Waals surface area contributed by atoms with E-state index in [2.05, 4.69) is 43.2 Å². The lowest BCUT2D eigenvalue weighted by Gasteiger charge is -2.23. The summed E-state index contributed by atoms with van der Waals surface area (Å²) in [7, 11) is 0. The smallest absolute Gasteiger partial charge is 0.254 e. The van der Waals surface area contributed by atoms with E-state index >= 15 is 0 Å².